The predicted molar refractivity (Wildman–Crippen MR) is 72.5 cm³/mol. The molecule has 0 spiro atoms. The number of hydrogen-bond donors (Lipinski definition) is 0. The number of rotatable bonds is 12. The Labute approximate surface area is 114 Å². The van der Waals surface area contributed by atoms with Crippen LogP contribution in [0.2, 0.25) is 0 Å². The Morgan fingerprint density at radius 2 is 1.53 bits per heavy atom. The summed E-state index contributed by atoms with van der Waals surface area (Å²) in [5.41, 5.74) is 0. The standard InChI is InChI=1S/C14H23NO4/c1-2-6-16-7-8-17-9-10-18-11-12-19-14-4-3-5-15-13-14/h3-5,13H,2,6-12H2,1H3. The summed E-state index contributed by atoms with van der Waals surface area (Å²) in [6, 6.07) is 3.71. The van der Waals surface area contributed by atoms with Gasteiger partial charge in [-0.15, -0.1) is 0 Å². The van der Waals surface area contributed by atoms with Crippen molar-refractivity contribution in [1.29, 1.82) is 0 Å². The fourth-order valence-corrected chi connectivity index (χ4v) is 1.34. The van der Waals surface area contributed by atoms with Gasteiger partial charge < -0.3 is 18.9 Å². The maximum Gasteiger partial charge on any atom is 0.137 e. The molecule has 5 nitrogen and oxygen atoms in total. The number of nitrogens with zero attached hydrogens (tertiary/aromatic N) is 1. The highest BCUT2D eigenvalue weighted by Gasteiger charge is 1.93. The second-order valence-electron chi connectivity index (χ2n) is 3.87. The molecule has 1 aromatic rings. The average molecular weight is 269 g/mol. The Kier molecular flexibility index (Phi) is 9.95. The molecule has 0 unspecified atom stereocenters. The largest absolute Gasteiger partial charge is 0.490 e. The summed E-state index contributed by atoms with van der Waals surface area (Å²) >= 11 is 0. The third kappa shape index (κ3) is 9.41. The monoisotopic (exact) mass is 269 g/mol. The molecule has 5 heteroatoms. The zero-order chi connectivity index (χ0) is 13.6. The van der Waals surface area contributed by atoms with E-state index in [1.165, 1.54) is 0 Å². The van der Waals surface area contributed by atoms with Gasteiger partial charge in [0.15, 0.2) is 0 Å². The molecule has 1 aromatic heterocycles. The lowest BCUT2D eigenvalue weighted by atomic mass is 10.5. The van der Waals surface area contributed by atoms with E-state index >= 15 is 0 Å². The highest BCUT2D eigenvalue weighted by atomic mass is 16.6. The fourth-order valence-electron chi connectivity index (χ4n) is 1.34. The lowest BCUT2D eigenvalue weighted by Gasteiger charge is -2.07. The molecule has 108 valence electrons. The summed E-state index contributed by atoms with van der Waals surface area (Å²) in [6.07, 6.45) is 4.43. The molecule has 0 aliphatic carbocycles. The Balaban J connectivity index is 1.79. The zero-order valence-electron chi connectivity index (χ0n) is 11.5. The smallest absolute Gasteiger partial charge is 0.137 e. The van der Waals surface area contributed by atoms with Crippen molar-refractivity contribution >= 4 is 0 Å². The predicted octanol–water partition coefficient (Wildman–Crippen LogP) is 1.92. The Morgan fingerprint density at radius 1 is 0.895 bits per heavy atom. The fraction of sp³-hybridized carbons (Fsp3) is 0.643. The molecule has 0 bridgehead atoms. The second-order valence-corrected chi connectivity index (χ2v) is 3.87. The molecule has 0 saturated heterocycles. The maximum absolute atomic E-state index is 5.43. The first kappa shape index (κ1) is 15.9. The van der Waals surface area contributed by atoms with Crippen LogP contribution in [0.1, 0.15) is 13.3 Å². The number of pyridine rings is 1. The molecular formula is C14H23NO4. The van der Waals surface area contributed by atoms with Crippen molar-refractivity contribution in [3.8, 4) is 5.75 Å². The van der Waals surface area contributed by atoms with Crippen LogP contribution in [0.3, 0.4) is 0 Å². The van der Waals surface area contributed by atoms with Crippen molar-refractivity contribution < 1.29 is 18.9 Å². The summed E-state index contributed by atoms with van der Waals surface area (Å²) in [7, 11) is 0. The van der Waals surface area contributed by atoms with Crippen molar-refractivity contribution in [2.45, 2.75) is 13.3 Å². The maximum atomic E-state index is 5.43. The van der Waals surface area contributed by atoms with Crippen LogP contribution in [-0.4, -0.2) is 51.2 Å². The minimum atomic E-state index is 0.519. The summed E-state index contributed by atoms with van der Waals surface area (Å²) in [4.78, 5) is 3.96. The van der Waals surface area contributed by atoms with E-state index in [1.807, 2.05) is 12.1 Å². The molecule has 0 amide bonds. The van der Waals surface area contributed by atoms with Gasteiger partial charge in [0.1, 0.15) is 12.4 Å². The van der Waals surface area contributed by atoms with Gasteiger partial charge in [0.05, 0.1) is 39.2 Å². The summed E-state index contributed by atoms with van der Waals surface area (Å²) in [6.45, 7) is 6.38. The summed E-state index contributed by atoms with van der Waals surface area (Å²) in [5.74, 6) is 0.760. The van der Waals surface area contributed by atoms with E-state index in [9.17, 15) is 0 Å². The van der Waals surface area contributed by atoms with E-state index < -0.39 is 0 Å². The molecule has 0 aliphatic rings. The topological polar surface area (TPSA) is 49.8 Å². The first-order chi connectivity index (χ1) is 9.43. The van der Waals surface area contributed by atoms with E-state index in [4.69, 9.17) is 18.9 Å². The Bertz CT molecular complexity index is 295. The molecule has 0 aliphatic heterocycles. The van der Waals surface area contributed by atoms with Gasteiger partial charge in [-0.25, -0.2) is 0 Å². The quantitative estimate of drug-likeness (QED) is 0.543. The van der Waals surface area contributed by atoms with Crippen molar-refractivity contribution in [2.24, 2.45) is 0 Å². The van der Waals surface area contributed by atoms with Gasteiger partial charge in [-0.05, 0) is 18.6 Å². The third-order valence-electron chi connectivity index (χ3n) is 2.22. The zero-order valence-corrected chi connectivity index (χ0v) is 11.5. The van der Waals surface area contributed by atoms with Crippen LogP contribution < -0.4 is 4.74 Å². The lowest BCUT2D eigenvalue weighted by molar-refractivity contribution is 0.00943. The van der Waals surface area contributed by atoms with Gasteiger partial charge in [-0.2, -0.15) is 0 Å². The van der Waals surface area contributed by atoms with Crippen LogP contribution in [0.25, 0.3) is 0 Å². The van der Waals surface area contributed by atoms with Gasteiger partial charge in [0.25, 0.3) is 0 Å². The minimum absolute atomic E-state index is 0.519. The lowest BCUT2D eigenvalue weighted by Crippen LogP contribution is -2.12. The highest BCUT2D eigenvalue weighted by molar-refractivity contribution is 5.15. The van der Waals surface area contributed by atoms with Crippen LogP contribution in [0.5, 0.6) is 5.75 Å². The highest BCUT2D eigenvalue weighted by Crippen LogP contribution is 2.05. The van der Waals surface area contributed by atoms with E-state index in [1.54, 1.807) is 12.4 Å². The van der Waals surface area contributed by atoms with Crippen LogP contribution in [-0.2, 0) is 14.2 Å². The summed E-state index contributed by atoms with van der Waals surface area (Å²) in [5, 5.41) is 0. The molecule has 0 N–H and O–H groups in total. The first-order valence-electron chi connectivity index (χ1n) is 6.69. The molecular weight excluding hydrogens is 246 g/mol. The second kappa shape index (κ2) is 11.9. The third-order valence-corrected chi connectivity index (χ3v) is 2.22. The van der Waals surface area contributed by atoms with Gasteiger partial charge >= 0.3 is 0 Å². The molecule has 0 aromatic carbocycles. The first-order valence-corrected chi connectivity index (χ1v) is 6.69. The van der Waals surface area contributed by atoms with Crippen molar-refractivity contribution in [1.82, 2.24) is 4.98 Å². The van der Waals surface area contributed by atoms with Crippen molar-refractivity contribution in [2.75, 3.05) is 46.2 Å². The van der Waals surface area contributed by atoms with Gasteiger partial charge in [0, 0.05) is 12.8 Å². The molecule has 19 heavy (non-hydrogen) atoms. The SMILES string of the molecule is CCCOCCOCCOCCOc1cccnc1. The van der Waals surface area contributed by atoms with Crippen molar-refractivity contribution in [3.63, 3.8) is 0 Å². The van der Waals surface area contributed by atoms with Crippen LogP contribution in [0, 0.1) is 0 Å². The van der Waals surface area contributed by atoms with Crippen LogP contribution in [0.4, 0.5) is 0 Å². The van der Waals surface area contributed by atoms with E-state index in [0.717, 1.165) is 18.8 Å². The average Bonchev–Trinajstić information content (AvgIpc) is 2.46. The van der Waals surface area contributed by atoms with Gasteiger partial charge in [0.2, 0.25) is 0 Å². The molecule has 0 fully saturated rings. The summed E-state index contributed by atoms with van der Waals surface area (Å²) < 4.78 is 21.4. The van der Waals surface area contributed by atoms with E-state index in [2.05, 4.69) is 11.9 Å². The minimum Gasteiger partial charge on any atom is -0.490 e. The molecule has 0 radical (unpaired) electrons. The van der Waals surface area contributed by atoms with Crippen LogP contribution in [0.15, 0.2) is 24.5 Å². The number of hydrogen-bond acceptors (Lipinski definition) is 5. The number of aromatic nitrogens is 1. The number of ether oxygens (including phenoxy) is 4. The Morgan fingerprint density at radius 3 is 2.11 bits per heavy atom. The molecule has 0 atom stereocenters. The van der Waals surface area contributed by atoms with E-state index in [-0.39, 0.29) is 0 Å². The Hall–Kier alpha value is -1.17. The van der Waals surface area contributed by atoms with Crippen LogP contribution >= 0.6 is 0 Å². The molecule has 0 saturated carbocycles. The van der Waals surface area contributed by atoms with Crippen molar-refractivity contribution in [3.05, 3.63) is 24.5 Å². The van der Waals surface area contributed by atoms with Gasteiger partial charge in [-0.3, -0.25) is 4.98 Å². The molecule has 1 rings (SSSR count). The molecule has 1 heterocycles. The van der Waals surface area contributed by atoms with Gasteiger partial charge in [-0.1, -0.05) is 6.92 Å². The normalized spacial score (nSPS) is 10.6. The van der Waals surface area contributed by atoms with E-state index in [0.29, 0.717) is 39.6 Å².